The van der Waals surface area contributed by atoms with E-state index < -0.39 is 97.5 Å². The van der Waals surface area contributed by atoms with Gasteiger partial charge in [-0.05, 0) is 49.4 Å². The summed E-state index contributed by atoms with van der Waals surface area (Å²) in [4.78, 5) is 73.2. The van der Waals surface area contributed by atoms with Gasteiger partial charge in [-0.1, -0.05) is 396 Å². The molecule has 0 aromatic heterocycles. The van der Waals surface area contributed by atoms with Crippen LogP contribution in [-0.4, -0.2) is 96.7 Å². The van der Waals surface area contributed by atoms with Gasteiger partial charge in [0.2, 0.25) is 0 Å². The minimum Gasteiger partial charge on any atom is -0.462 e. The highest BCUT2D eigenvalue weighted by molar-refractivity contribution is 7.47. The highest BCUT2D eigenvalue weighted by Crippen LogP contribution is 2.45. The molecule has 105 heavy (non-hydrogen) atoms. The Morgan fingerprint density at radius 1 is 0.238 bits per heavy atom. The van der Waals surface area contributed by atoms with Crippen molar-refractivity contribution >= 4 is 39.5 Å². The lowest BCUT2D eigenvalue weighted by atomic mass is 10.0. The van der Waals surface area contributed by atoms with Crippen molar-refractivity contribution in [2.45, 2.75) is 465 Å². The van der Waals surface area contributed by atoms with Crippen LogP contribution in [0, 0.1) is 23.7 Å². The molecule has 0 aromatic rings. The van der Waals surface area contributed by atoms with Crippen molar-refractivity contribution in [3.8, 4) is 0 Å². The maximum absolute atomic E-state index is 13.1. The fraction of sp³-hybridized carbons (Fsp3) is 0.953. The van der Waals surface area contributed by atoms with Crippen LogP contribution in [0.2, 0.25) is 0 Å². The molecule has 0 rings (SSSR count). The summed E-state index contributed by atoms with van der Waals surface area (Å²) in [5, 5.41) is 10.7. The molecule has 17 nitrogen and oxygen atoms in total. The molecular weight excluding hydrogens is 1370 g/mol. The average molecular weight is 1540 g/mol. The predicted octanol–water partition coefficient (Wildman–Crippen LogP) is 25.9. The third-order valence-corrected chi connectivity index (χ3v) is 22.0. The fourth-order valence-corrected chi connectivity index (χ4v) is 14.9. The van der Waals surface area contributed by atoms with Crippen LogP contribution in [0.25, 0.3) is 0 Å². The molecular formula is C86H168O17P2. The van der Waals surface area contributed by atoms with E-state index in [1.807, 2.05) is 0 Å². The van der Waals surface area contributed by atoms with Crippen LogP contribution in [0.1, 0.15) is 447 Å². The number of phosphoric acid groups is 2. The second-order valence-corrected chi connectivity index (χ2v) is 35.7. The van der Waals surface area contributed by atoms with Crippen molar-refractivity contribution in [2.75, 3.05) is 39.6 Å². The SMILES string of the molecule is CC(C)CCCCCCCCCCCCCCCCCCCCC(=O)OC[C@H](COP(=O)(O)OC[C@@H](O)COP(=O)(O)OC[C@@H](COC(=O)CCCCCCCCC(C)C)OC(=O)CCCCCCCCCCCCCCCC(C)C)OC(=O)CCCCCCCCCCCCCCCCCCC(C)C. The quantitative estimate of drug-likeness (QED) is 0.0222. The molecule has 0 bridgehead atoms. The van der Waals surface area contributed by atoms with Crippen molar-refractivity contribution in [3.63, 3.8) is 0 Å². The first-order valence-corrected chi connectivity index (χ1v) is 47.2. The molecule has 0 aliphatic rings. The second-order valence-electron chi connectivity index (χ2n) is 32.8. The molecule has 2 unspecified atom stereocenters. The highest BCUT2D eigenvalue weighted by atomic mass is 31.2. The Morgan fingerprint density at radius 2 is 0.400 bits per heavy atom. The van der Waals surface area contributed by atoms with E-state index in [-0.39, 0.29) is 25.7 Å². The predicted molar refractivity (Wildman–Crippen MR) is 432 cm³/mol. The van der Waals surface area contributed by atoms with Crippen molar-refractivity contribution in [1.82, 2.24) is 0 Å². The number of ether oxygens (including phenoxy) is 4. The molecule has 5 atom stereocenters. The number of aliphatic hydroxyl groups is 1. The van der Waals surface area contributed by atoms with E-state index in [0.29, 0.717) is 31.6 Å². The first kappa shape index (κ1) is 103. The number of aliphatic hydroxyl groups excluding tert-OH is 1. The van der Waals surface area contributed by atoms with Crippen molar-refractivity contribution in [3.05, 3.63) is 0 Å². The lowest BCUT2D eigenvalue weighted by Gasteiger charge is -2.21. The van der Waals surface area contributed by atoms with Crippen LogP contribution >= 0.6 is 15.6 Å². The molecule has 0 aliphatic carbocycles. The maximum Gasteiger partial charge on any atom is 0.472 e. The van der Waals surface area contributed by atoms with Gasteiger partial charge in [-0.3, -0.25) is 37.3 Å². The largest absolute Gasteiger partial charge is 0.472 e. The Morgan fingerprint density at radius 3 is 0.590 bits per heavy atom. The molecule has 0 radical (unpaired) electrons. The molecule has 0 heterocycles. The Labute approximate surface area is 645 Å². The molecule has 19 heteroatoms. The van der Waals surface area contributed by atoms with Crippen LogP contribution in [-0.2, 0) is 65.4 Å². The van der Waals surface area contributed by atoms with Crippen LogP contribution in [0.15, 0.2) is 0 Å². The van der Waals surface area contributed by atoms with Gasteiger partial charge in [-0.15, -0.1) is 0 Å². The number of hydrogen-bond acceptors (Lipinski definition) is 15. The van der Waals surface area contributed by atoms with Gasteiger partial charge in [-0.2, -0.15) is 0 Å². The summed E-state index contributed by atoms with van der Waals surface area (Å²) in [5.74, 6) is 0.988. The second kappa shape index (κ2) is 74.8. The first-order valence-electron chi connectivity index (χ1n) is 44.2. The Balaban J connectivity index is 5.21. The van der Waals surface area contributed by atoms with Gasteiger partial charge < -0.3 is 33.8 Å². The minimum atomic E-state index is -4.97. The summed E-state index contributed by atoms with van der Waals surface area (Å²) >= 11 is 0. The lowest BCUT2D eigenvalue weighted by Crippen LogP contribution is -2.30. The number of esters is 4. The number of carbonyl (C=O) groups is 4. The maximum atomic E-state index is 13.1. The molecule has 0 fully saturated rings. The van der Waals surface area contributed by atoms with E-state index in [1.54, 1.807) is 0 Å². The topological polar surface area (TPSA) is 237 Å². The van der Waals surface area contributed by atoms with Gasteiger partial charge in [0.05, 0.1) is 26.4 Å². The van der Waals surface area contributed by atoms with Crippen molar-refractivity contribution < 1.29 is 80.2 Å². The van der Waals surface area contributed by atoms with Gasteiger partial charge in [0.25, 0.3) is 0 Å². The monoisotopic (exact) mass is 1540 g/mol. The molecule has 3 N–H and O–H groups in total. The van der Waals surface area contributed by atoms with E-state index in [2.05, 4.69) is 55.4 Å². The summed E-state index contributed by atoms with van der Waals surface area (Å²) in [7, 11) is -9.93. The summed E-state index contributed by atoms with van der Waals surface area (Å²) in [6.45, 7) is 14.3. The molecule has 0 aromatic carbocycles. The Hall–Kier alpha value is -1.94. The van der Waals surface area contributed by atoms with E-state index in [9.17, 15) is 43.2 Å². The normalized spacial score (nSPS) is 13.9. The van der Waals surface area contributed by atoms with Gasteiger partial charge in [0.15, 0.2) is 12.2 Å². The van der Waals surface area contributed by atoms with E-state index >= 15 is 0 Å². The van der Waals surface area contributed by atoms with Gasteiger partial charge in [0.1, 0.15) is 19.3 Å². The zero-order chi connectivity index (χ0) is 77.4. The zero-order valence-corrected chi connectivity index (χ0v) is 71.2. The number of hydrogen-bond donors (Lipinski definition) is 3. The standard InChI is InChI=1S/C86H168O17P2/c1-76(2)62-54-46-38-32-26-20-15-11-9-10-12-17-23-29-35-41-50-58-66-83(88)96-72-81(102-85(90)68-60-52-42-36-30-24-18-14-13-16-21-27-33-39-47-55-63-77(3)4)74-100-104(92,93)98-70-80(87)71-99-105(94,95)101-75-82(73-97-84(89)67-59-51-45-44-49-57-65-79(7)8)103-86(91)69-61-53-43-37-31-25-19-22-28-34-40-48-56-64-78(5)6/h76-82,87H,9-75H2,1-8H3,(H,92,93)(H,94,95)/t80-,81-,82-/m1/s1. The van der Waals surface area contributed by atoms with Gasteiger partial charge >= 0.3 is 39.5 Å². The smallest absolute Gasteiger partial charge is 0.462 e. The first-order chi connectivity index (χ1) is 50.6. The number of carbonyl (C=O) groups excluding carboxylic acids is 4. The van der Waals surface area contributed by atoms with Crippen LogP contribution in [0.5, 0.6) is 0 Å². The van der Waals surface area contributed by atoms with E-state index in [1.165, 1.54) is 244 Å². The number of phosphoric ester groups is 2. The minimum absolute atomic E-state index is 0.106. The summed E-state index contributed by atoms with van der Waals surface area (Å²) in [6, 6.07) is 0. The lowest BCUT2D eigenvalue weighted by molar-refractivity contribution is -0.161. The highest BCUT2D eigenvalue weighted by Gasteiger charge is 2.30. The average Bonchev–Trinajstić information content (AvgIpc) is 1.35. The van der Waals surface area contributed by atoms with Crippen LogP contribution < -0.4 is 0 Å². The van der Waals surface area contributed by atoms with Crippen LogP contribution in [0.3, 0.4) is 0 Å². The molecule has 0 saturated heterocycles. The molecule has 624 valence electrons. The molecule has 0 saturated carbocycles. The van der Waals surface area contributed by atoms with Crippen molar-refractivity contribution in [1.29, 1.82) is 0 Å². The summed E-state index contributed by atoms with van der Waals surface area (Å²) in [6.07, 6.45) is 64.1. The van der Waals surface area contributed by atoms with Gasteiger partial charge in [0, 0.05) is 25.7 Å². The molecule has 0 spiro atoms. The number of unbranched alkanes of at least 4 members (excludes halogenated alkanes) is 49. The van der Waals surface area contributed by atoms with Crippen LogP contribution in [0.4, 0.5) is 0 Å². The fourth-order valence-electron chi connectivity index (χ4n) is 13.3. The Kier molecular flexibility index (Phi) is 73.4. The number of rotatable bonds is 83. The van der Waals surface area contributed by atoms with E-state index in [0.717, 1.165) is 114 Å². The molecule has 0 aliphatic heterocycles. The van der Waals surface area contributed by atoms with Crippen molar-refractivity contribution in [2.24, 2.45) is 23.7 Å². The summed E-state index contributed by atoms with van der Waals surface area (Å²) in [5.41, 5.74) is 0. The van der Waals surface area contributed by atoms with Gasteiger partial charge in [-0.25, -0.2) is 9.13 Å². The third kappa shape index (κ3) is 79.9. The molecule has 0 amide bonds. The zero-order valence-electron chi connectivity index (χ0n) is 69.4. The van der Waals surface area contributed by atoms with E-state index in [4.69, 9.17) is 37.0 Å². The summed E-state index contributed by atoms with van der Waals surface area (Å²) < 4.78 is 68.8. The Bertz CT molecular complexity index is 2040. The third-order valence-electron chi connectivity index (χ3n) is 20.1.